The van der Waals surface area contributed by atoms with Crippen molar-refractivity contribution in [3.63, 3.8) is 0 Å². The summed E-state index contributed by atoms with van der Waals surface area (Å²) in [6, 6.07) is 13.6. The van der Waals surface area contributed by atoms with Crippen LogP contribution < -0.4 is 10.6 Å². The number of para-hydroxylation sites is 1. The van der Waals surface area contributed by atoms with Gasteiger partial charge in [-0.2, -0.15) is 0 Å². The fourth-order valence-electron chi connectivity index (χ4n) is 2.96. The molecule has 1 atom stereocenters. The highest BCUT2D eigenvalue weighted by molar-refractivity contribution is 5.91. The van der Waals surface area contributed by atoms with Gasteiger partial charge in [0.25, 0.3) is 0 Å². The standard InChI is InChI=1S/C17H18N2O2/c1-11-6-7-12-4-2-3-5-15(12)19(11)16-9-8-13(17(20)21)10-14(16)18/h2-5,8-11H,6-7,18H2,1H3,(H,20,21). The van der Waals surface area contributed by atoms with Crippen LogP contribution in [-0.4, -0.2) is 17.1 Å². The maximum atomic E-state index is 11.0. The average molecular weight is 282 g/mol. The van der Waals surface area contributed by atoms with Crippen molar-refractivity contribution in [2.24, 2.45) is 0 Å². The smallest absolute Gasteiger partial charge is 0.335 e. The molecular weight excluding hydrogens is 264 g/mol. The van der Waals surface area contributed by atoms with E-state index in [1.807, 2.05) is 12.1 Å². The van der Waals surface area contributed by atoms with Crippen molar-refractivity contribution in [3.8, 4) is 0 Å². The van der Waals surface area contributed by atoms with Gasteiger partial charge in [-0.3, -0.25) is 0 Å². The molecule has 0 radical (unpaired) electrons. The van der Waals surface area contributed by atoms with Crippen molar-refractivity contribution in [2.45, 2.75) is 25.8 Å². The second-order valence-corrected chi connectivity index (χ2v) is 5.47. The summed E-state index contributed by atoms with van der Waals surface area (Å²) in [5, 5.41) is 9.05. The average Bonchev–Trinajstić information content (AvgIpc) is 2.48. The lowest BCUT2D eigenvalue weighted by Crippen LogP contribution is -2.33. The number of fused-ring (bicyclic) bond motifs is 1. The molecule has 0 saturated carbocycles. The minimum Gasteiger partial charge on any atom is -0.478 e. The highest BCUT2D eigenvalue weighted by Gasteiger charge is 2.25. The minimum atomic E-state index is -0.958. The number of nitrogen functional groups attached to an aromatic ring is 1. The summed E-state index contributed by atoms with van der Waals surface area (Å²) < 4.78 is 0. The summed E-state index contributed by atoms with van der Waals surface area (Å²) in [5.41, 5.74) is 10.2. The third-order valence-corrected chi connectivity index (χ3v) is 4.06. The fourth-order valence-corrected chi connectivity index (χ4v) is 2.96. The quantitative estimate of drug-likeness (QED) is 0.828. The Hall–Kier alpha value is -2.49. The molecule has 3 N–H and O–H groups in total. The van der Waals surface area contributed by atoms with Gasteiger partial charge in [-0.05, 0) is 49.6 Å². The highest BCUT2D eigenvalue weighted by atomic mass is 16.4. The van der Waals surface area contributed by atoms with Crippen LogP contribution in [0.15, 0.2) is 42.5 Å². The highest BCUT2D eigenvalue weighted by Crippen LogP contribution is 2.39. The molecule has 4 heteroatoms. The van der Waals surface area contributed by atoms with E-state index >= 15 is 0 Å². The van der Waals surface area contributed by atoms with Gasteiger partial charge in [-0.15, -0.1) is 0 Å². The number of nitrogens with zero attached hydrogens (tertiary/aromatic N) is 1. The number of rotatable bonds is 2. The van der Waals surface area contributed by atoms with E-state index < -0.39 is 5.97 Å². The zero-order valence-electron chi connectivity index (χ0n) is 11.9. The van der Waals surface area contributed by atoms with E-state index in [1.165, 1.54) is 11.6 Å². The summed E-state index contributed by atoms with van der Waals surface area (Å²) in [4.78, 5) is 13.2. The molecule has 2 aromatic carbocycles. The molecule has 0 spiro atoms. The van der Waals surface area contributed by atoms with Gasteiger partial charge < -0.3 is 15.7 Å². The van der Waals surface area contributed by atoms with Gasteiger partial charge >= 0.3 is 5.97 Å². The fraction of sp³-hybridized carbons (Fsp3) is 0.235. The Kier molecular flexibility index (Phi) is 3.29. The topological polar surface area (TPSA) is 66.6 Å². The maximum absolute atomic E-state index is 11.0. The summed E-state index contributed by atoms with van der Waals surface area (Å²) in [6.07, 6.45) is 2.11. The number of carboxylic acids is 1. The van der Waals surface area contributed by atoms with Crippen molar-refractivity contribution in [2.75, 3.05) is 10.6 Å². The molecule has 4 nitrogen and oxygen atoms in total. The summed E-state index contributed by atoms with van der Waals surface area (Å²) in [5.74, 6) is -0.958. The van der Waals surface area contributed by atoms with Crippen LogP contribution >= 0.6 is 0 Å². The lowest BCUT2D eigenvalue weighted by molar-refractivity contribution is 0.0697. The normalized spacial score (nSPS) is 17.4. The van der Waals surface area contributed by atoms with Gasteiger partial charge in [-0.1, -0.05) is 18.2 Å². The predicted octanol–water partition coefficient (Wildman–Crippen LogP) is 3.44. The van der Waals surface area contributed by atoms with Crippen LogP contribution in [0.4, 0.5) is 17.1 Å². The Balaban J connectivity index is 2.09. The van der Waals surface area contributed by atoms with Gasteiger partial charge in [0.15, 0.2) is 0 Å². The van der Waals surface area contributed by atoms with Gasteiger partial charge in [0.05, 0.1) is 16.9 Å². The zero-order valence-corrected chi connectivity index (χ0v) is 11.9. The van der Waals surface area contributed by atoms with Crippen LogP contribution in [0.5, 0.6) is 0 Å². The molecule has 1 heterocycles. The van der Waals surface area contributed by atoms with Crippen LogP contribution in [-0.2, 0) is 6.42 Å². The summed E-state index contributed by atoms with van der Waals surface area (Å²) >= 11 is 0. The van der Waals surface area contributed by atoms with E-state index in [-0.39, 0.29) is 5.56 Å². The first-order valence-corrected chi connectivity index (χ1v) is 7.08. The summed E-state index contributed by atoms with van der Waals surface area (Å²) in [7, 11) is 0. The second kappa shape index (κ2) is 5.13. The number of carboxylic acid groups (broad SMARTS) is 1. The molecule has 0 aromatic heterocycles. The number of anilines is 3. The number of aromatic carboxylic acids is 1. The first-order valence-electron chi connectivity index (χ1n) is 7.08. The molecule has 0 saturated heterocycles. The van der Waals surface area contributed by atoms with E-state index in [0.717, 1.165) is 24.2 Å². The van der Waals surface area contributed by atoms with E-state index in [2.05, 4.69) is 24.0 Å². The SMILES string of the molecule is CC1CCc2ccccc2N1c1ccc(C(=O)O)cc1N. The first kappa shape index (κ1) is 13.5. The van der Waals surface area contributed by atoms with Crippen LogP contribution in [0.25, 0.3) is 0 Å². The second-order valence-electron chi connectivity index (χ2n) is 5.47. The van der Waals surface area contributed by atoms with Crippen LogP contribution in [0, 0.1) is 0 Å². The number of hydrogen-bond donors (Lipinski definition) is 2. The molecule has 0 amide bonds. The molecule has 1 unspecified atom stereocenters. The molecule has 3 rings (SSSR count). The van der Waals surface area contributed by atoms with Crippen molar-refractivity contribution < 1.29 is 9.90 Å². The number of nitrogens with two attached hydrogens (primary N) is 1. The van der Waals surface area contributed by atoms with E-state index in [1.54, 1.807) is 12.1 Å². The Morgan fingerprint density at radius 2 is 2.00 bits per heavy atom. The molecule has 1 aliphatic rings. The molecule has 2 aromatic rings. The lowest BCUT2D eigenvalue weighted by atomic mass is 9.95. The van der Waals surface area contributed by atoms with Gasteiger partial charge in [-0.25, -0.2) is 4.79 Å². The van der Waals surface area contributed by atoms with Crippen molar-refractivity contribution in [3.05, 3.63) is 53.6 Å². The van der Waals surface area contributed by atoms with E-state index in [0.29, 0.717) is 11.7 Å². The Labute approximate surface area is 123 Å². The molecule has 0 bridgehead atoms. The summed E-state index contributed by atoms with van der Waals surface area (Å²) in [6.45, 7) is 2.17. The number of benzene rings is 2. The maximum Gasteiger partial charge on any atom is 0.335 e. The first-order chi connectivity index (χ1) is 10.1. The number of hydrogen-bond acceptors (Lipinski definition) is 3. The van der Waals surface area contributed by atoms with E-state index in [9.17, 15) is 4.79 Å². The Morgan fingerprint density at radius 3 is 2.71 bits per heavy atom. The molecule has 1 aliphatic heterocycles. The number of carbonyl (C=O) groups is 1. The van der Waals surface area contributed by atoms with Crippen molar-refractivity contribution in [1.82, 2.24) is 0 Å². The molecule has 0 fully saturated rings. The molecule has 21 heavy (non-hydrogen) atoms. The van der Waals surface area contributed by atoms with Gasteiger partial charge in [0.1, 0.15) is 0 Å². The van der Waals surface area contributed by atoms with Crippen LogP contribution in [0.3, 0.4) is 0 Å². The third-order valence-electron chi connectivity index (χ3n) is 4.06. The number of aryl methyl sites for hydroxylation is 1. The van der Waals surface area contributed by atoms with E-state index in [4.69, 9.17) is 10.8 Å². The third kappa shape index (κ3) is 2.33. The van der Waals surface area contributed by atoms with Gasteiger partial charge in [0, 0.05) is 11.7 Å². The zero-order chi connectivity index (χ0) is 15.0. The van der Waals surface area contributed by atoms with Gasteiger partial charge in [0.2, 0.25) is 0 Å². The predicted molar refractivity (Wildman–Crippen MR) is 84.2 cm³/mol. The van der Waals surface area contributed by atoms with Crippen LogP contribution in [0.2, 0.25) is 0 Å². The Morgan fingerprint density at radius 1 is 1.24 bits per heavy atom. The molecular formula is C17H18N2O2. The largest absolute Gasteiger partial charge is 0.478 e. The van der Waals surface area contributed by atoms with Crippen molar-refractivity contribution in [1.29, 1.82) is 0 Å². The monoisotopic (exact) mass is 282 g/mol. The molecule has 0 aliphatic carbocycles. The minimum absolute atomic E-state index is 0.217. The molecule has 108 valence electrons. The van der Waals surface area contributed by atoms with Crippen LogP contribution in [0.1, 0.15) is 29.3 Å². The van der Waals surface area contributed by atoms with Crippen molar-refractivity contribution >= 4 is 23.0 Å². The Bertz CT molecular complexity index is 697. The lowest BCUT2D eigenvalue weighted by Gasteiger charge is -2.37.